The van der Waals surface area contributed by atoms with Gasteiger partial charge in [-0.25, -0.2) is 4.99 Å². The van der Waals surface area contributed by atoms with Gasteiger partial charge in [-0.15, -0.1) is 0 Å². The lowest BCUT2D eigenvalue weighted by atomic mass is 10.1. The summed E-state index contributed by atoms with van der Waals surface area (Å²) < 4.78 is 12.6. The van der Waals surface area contributed by atoms with Crippen molar-refractivity contribution in [3.63, 3.8) is 0 Å². The predicted molar refractivity (Wildman–Crippen MR) is 152 cm³/mol. The molecular weight excluding hydrogens is 560 g/mol. The monoisotopic (exact) mass is 584 g/mol. The Morgan fingerprint density at radius 3 is 2.44 bits per heavy atom. The molecule has 0 aromatic heterocycles. The molecule has 0 N–H and O–H groups in total. The first-order valence-electron chi connectivity index (χ1n) is 11.4. The van der Waals surface area contributed by atoms with E-state index in [4.69, 9.17) is 26.1 Å². The minimum Gasteiger partial charge on any atom is -0.493 e. The number of carbonyl (C=O) groups excluding carboxylic acids is 1. The third kappa shape index (κ3) is 6.72. The first kappa shape index (κ1) is 26.3. The number of rotatable bonds is 8. The Bertz CT molecular complexity index is 1290. The number of benzene rings is 3. The number of carbonyl (C=O) groups is 1. The molecule has 1 amide bonds. The van der Waals surface area contributed by atoms with E-state index in [1.807, 2.05) is 60.7 Å². The zero-order valence-electron chi connectivity index (χ0n) is 20.2. The Labute approximate surface area is 229 Å². The third-order valence-corrected chi connectivity index (χ3v) is 7.07. The van der Waals surface area contributed by atoms with E-state index in [2.05, 4.69) is 29.8 Å². The zero-order chi connectivity index (χ0) is 25.7. The van der Waals surface area contributed by atoms with Crippen molar-refractivity contribution in [2.75, 3.05) is 13.7 Å². The maximum absolute atomic E-state index is 13.3. The average Bonchev–Trinajstić information content (AvgIpc) is 3.13. The molecule has 36 heavy (non-hydrogen) atoms. The highest BCUT2D eigenvalue weighted by atomic mass is 79.9. The topological polar surface area (TPSA) is 51.1 Å². The quantitative estimate of drug-likeness (QED) is 0.252. The summed E-state index contributed by atoms with van der Waals surface area (Å²) in [6.45, 7) is 5.17. The summed E-state index contributed by atoms with van der Waals surface area (Å²) in [5, 5.41) is 1.30. The number of amides is 1. The summed E-state index contributed by atoms with van der Waals surface area (Å²) in [7, 11) is 1.61. The smallest absolute Gasteiger partial charge is 0.266 e. The molecule has 1 saturated heterocycles. The Morgan fingerprint density at radius 2 is 1.78 bits per heavy atom. The second kappa shape index (κ2) is 12.0. The molecule has 3 aromatic rings. The summed E-state index contributed by atoms with van der Waals surface area (Å²) in [6.07, 6.45) is 1.87. The minimum absolute atomic E-state index is 0.0593. The molecule has 0 atom stereocenters. The molecule has 1 fully saturated rings. The maximum atomic E-state index is 13.3. The van der Waals surface area contributed by atoms with Crippen molar-refractivity contribution in [3.05, 3.63) is 92.3 Å². The van der Waals surface area contributed by atoms with E-state index in [-0.39, 0.29) is 5.91 Å². The van der Waals surface area contributed by atoms with Crippen molar-refractivity contribution in [1.82, 2.24) is 4.90 Å². The molecule has 0 aliphatic carbocycles. The van der Waals surface area contributed by atoms with Crippen LogP contribution in [0, 0.1) is 5.92 Å². The lowest BCUT2D eigenvalue weighted by Crippen LogP contribution is -2.32. The van der Waals surface area contributed by atoms with Crippen LogP contribution in [0.1, 0.15) is 25.0 Å². The fourth-order valence-electron chi connectivity index (χ4n) is 3.53. The number of hydrogen-bond donors (Lipinski definition) is 0. The van der Waals surface area contributed by atoms with Gasteiger partial charge < -0.3 is 9.47 Å². The fraction of sp³-hybridized carbons (Fsp3) is 0.214. The first-order valence-corrected chi connectivity index (χ1v) is 13.4. The molecule has 3 aromatic carbocycles. The zero-order valence-corrected chi connectivity index (χ0v) is 23.4. The normalized spacial score (nSPS) is 15.8. The molecule has 8 heteroatoms. The molecule has 4 rings (SSSR count). The highest BCUT2D eigenvalue weighted by Crippen LogP contribution is 2.36. The van der Waals surface area contributed by atoms with Crippen molar-refractivity contribution >= 4 is 62.1 Å². The standard InChI is InChI=1S/C28H26BrClN2O3S/c1-18(2)16-32-27(33)26(36-28(32)31-23-11-9-22(30)10-12-23)15-20-6-13-24(25(14-20)34-3)35-17-19-4-7-21(29)8-5-19/h4-15,18H,16-17H2,1-3H3/b26-15-,31-28?. The molecule has 0 bridgehead atoms. The third-order valence-electron chi connectivity index (χ3n) is 5.28. The molecule has 186 valence electrons. The minimum atomic E-state index is -0.0593. The van der Waals surface area contributed by atoms with E-state index >= 15 is 0 Å². The van der Waals surface area contributed by atoms with Gasteiger partial charge >= 0.3 is 0 Å². The van der Waals surface area contributed by atoms with Crippen molar-refractivity contribution in [3.8, 4) is 11.5 Å². The van der Waals surface area contributed by atoms with Crippen LogP contribution in [0.3, 0.4) is 0 Å². The predicted octanol–water partition coefficient (Wildman–Crippen LogP) is 7.95. The maximum Gasteiger partial charge on any atom is 0.266 e. The summed E-state index contributed by atoms with van der Waals surface area (Å²) in [5.74, 6) is 1.48. The number of amidine groups is 1. The lowest BCUT2D eigenvalue weighted by Gasteiger charge is -2.17. The molecule has 0 unspecified atom stereocenters. The van der Waals surface area contributed by atoms with Crippen LogP contribution in [-0.4, -0.2) is 29.6 Å². The van der Waals surface area contributed by atoms with Crippen LogP contribution in [0.5, 0.6) is 11.5 Å². The van der Waals surface area contributed by atoms with Crippen LogP contribution < -0.4 is 9.47 Å². The lowest BCUT2D eigenvalue weighted by molar-refractivity contribution is -0.122. The van der Waals surface area contributed by atoms with Crippen molar-refractivity contribution in [2.24, 2.45) is 10.9 Å². The largest absolute Gasteiger partial charge is 0.493 e. The van der Waals surface area contributed by atoms with Gasteiger partial charge in [0.15, 0.2) is 16.7 Å². The molecule has 5 nitrogen and oxygen atoms in total. The van der Waals surface area contributed by atoms with Gasteiger partial charge in [0, 0.05) is 16.0 Å². The van der Waals surface area contributed by atoms with Gasteiger partial charge in [-0.05, 0) is 83.4 Å². The Hall–Kier alpha value is -2.74. The summed E-state index contributed by atoms with van der Waals surface area (Å²) in [5.41, 5.74) is 2.65. The number of halogens is 2. The number of methoxy groups -OCH3 is 1. The molecule has 0 spiro atoms. The first-order chi connectivity index (χ1) is 17.3. The number of ether oxygens (including phenoxy) is 2. The molecule has 0 radical (unpaired) electrons. The van der Waals surface area contributed by atoms with Crippen LogP contribution in [-0.2, 0) is 11.4 Å². The molecule has 0 saturated carbocycles. The number of nitrogens with zero attached hydrogens (tertiary/aromatic N) is 2. The number of hydrogen-bond acceptors (Lipinski definition) is 5. The van der Waals surface area contributed by atoms with Crippen molar-refractivity contribution in [2.45, 2.75) is 20.5 Å². The molecule has 1 heterocycles. The van der Waals surface area contributed by atoms with E-state index in [1.54, 1.807) is 24.1 Å². The SMILES string of the molecule is COc1cc(/C=C2\SC(=Nc3ccc(Cl)cc3)N(CC(C)C)C2=O)ccc1OCc1ccc(Br)cc1. The van der Waals surface area contributed by atoms with Gasteiger partial charge in [-0.2, -0.15) is 0 Å². The summed E-state index contributed by atoms with van der Waals surface area (Å²) >= 11 is 10.8. The summed E-state index contributed by atoms with van der Waals surface area (Å²) in [6, 6.07) is 20.9. The Balaban J connectivity index is 1.56. The van der Waals surface area contributed by atoms with Crippen LogP contribution in [0.4, 0.5) is 5.69 Å². The van der Waals surface area contributed by atoms with E-state index in [0.29, 0.717) is 45.7 Å². The fourth-order valence-corrected chi connectivity index (χ4v) is 4.93. The van der Waals surface area contributed by atoms with Gasteiger partial charge in [-0.1, -0.05) is 59.6 Å². The highest BCUT2D eigenvalue weighted by Gasteiger charge is 2.33. The molecular formula is C28H26BrClN2O3S. The van der Waals surface area contributed by atoms with Crippen LogP contribution in [0.2, 0.25) is 5.02 Å². The van der Waals surface area contributed by atoms with Gasteiger partial charge in [0.05, 0.1) is 17.7 Å². The van der Waals surface area contributed by atoms with Crippen LogP contribution in [0.25, 0.3) is 6.08 Å². The average molecular weight is 586 g/mol. The second-order valence-corrected chi connectivity index (χ2v) is 11.0. The van der Waals surface area contributed by atoms with E-state index in [9.17, 15) is 4.79 Å². The van der Waals surface area contributed by atoms with E-state index in [0.717, 1.165) is 21.3 Å². The van der Waals surface area contributed by atoms with E-state index in [1.165, 1.54) is 11.8 Å². The van der Waals surface area contributed by atoms with Gasteiger partial charge in [-0.3, -0.25) is 9.69 Å². The number of aliphatic imine (C=N–C) groups is 1. The second-order valence-electron chi connectivity index (χ2n) is 8.62. The molecule has 1 aliphatic heterocycles. The van der Waals surface area contributed by atoms with Gasteiger partial charge in [0.2, 0.25) is 0 Å². The van der Waals surface area contributed by atoms with Crippen LogP contribution in [0.15, 0.2) is 81.1 Å². The highest BCUT2D eigenvalue weighted by molar-refractivity contribution is 9.10. The van der Waals surface area contributed by atoms with Crippen molar-refractivity contribution < 1.29 is 14.3 Å². The molecule has 1 aliphatic rings. The van der Waals surface area contributed by atoms with Gasteiger partial charge in [0.25, 0.3) is 5.91 Å². The number of thioether (sulfide) groups is 1. The summed E-state index contributed by atoms with van der Waals surface area (Å²) in [4.78, 5) is 20.3. The Kier molecular flexibility index (Phi) is 8.77. The van der Waals surface area contributed by atoms with Crippen molar-refractivity contribution in [1.29, 1.82) is 0 Å². The van der Waals surface area contributed by atoms with E-state index < -0.39 is 0 Å². The van der Waals surface area contributed by atoms with Crippen LogP contribution >= 0.6 is 39.3 Å². The Morgan fingerprint density at radius 1 is 1.06 bits per heavy atom. The van der Waals surface area contributed by atoms with Gasteiger partial charge in [0.1, 0.15) is 6.61 Å².